The first-order valence-electron chi connectivity index (χ1n) is 11.4. The Bertz CT molecular complexity index is 1290. The smallest absolute Gasteiger partial charge is 0.293 e. The lowest BCUT2D eigenvalue weighted by Crippen LogP contribution is -2.58. The fraction of sp³-hybridized carbons (Fsp3) is 0.417. The van der Waals surface area contributed by atoms with Gasteiger partial charge in [0.1, 0.15) is 17.1 Å². The fourth-order valence-electron chi connectivity index (χ4n) is 5.02. The number of primary amides is 1. The van der Waals surface area contributed by atoms with Crippen LogP contribution in [0.2, 0.25) is 5.02 Å². The summed E-state index contributed by atoms with van der Waals surface area (Å²) in [5.74, 6) is -7.89. The third kappa shape index (κ3) is 4.59. The number of amides is 3. The van der Waals surface area contributed by atoms with Crippen molar-refractivity contribution >= 4 is 40.8 Å². The Hall–Kier alpha value is -3.34. The Morgan fingerprint density at radius 1 is 1.14 bits per heavy atom. The number of fused-ring (bicyclic) bond motifs is 1. The van der Waals surface area contributed by atoms with Crippen LogP contribution in [0.15, 0.2) is 18.2 Å². The summed E-state index contributed by atoms with van der Waals surface area (Å²) in [7, 11) is 0. The maximum atomic E-state index is 13.9. The minimum Gasteiger partial charge on any atom is -0.368 e. The zero-order valence-electron chi connectivity index (χ0n) is 19.4. The molecule has 2 aliphatic rings. The first-order chi connectivity index (χ1) is 16.8. The largest absolute Gasteiger partial charge is 0.368 e. The van der Waals surface area contributed by atoms with Crippen molar-refractivity contribution in [3.63, 3.8) is 0 Å². The quantitative estimate of drug-likeness (QED) is 0.395. The molecule has 3 amide bonds. The number of Topliss-reactive ketones (excluding diaryl/α,β-unsaturated/α-hetero) is 1. The van der Waals surface area contributed by atoms with Crippen molar-refractivity contribution in [2.75, 3.05) is 5.32 Å². The van der Waals surface area contributed by atoms with Crippen LogP contribution in [0.5, 0.6) is 0 Å². The van der Waals surface area contributed by atoms with Gasteiger partial charge in [-0.2, -0.15) is 0 Å². The molecule has 8 nitrogen and oxygen atoms in total. The Labute approximate surface area is 209 Å². The van der Waals surface area contributed by atoms with Gasteiger partial charge in [0.25, 0.3) is 23.5 Å². The zero-order valence-corrected chi connectivity index (χ0v) is 20.1. The standard InChI is InChI=1S/C24H24ClF3N4O4/c1-12-17(19(33)21(35)31-23(22(29)36)7-8-24(27,28)11-23)16-4-2-3-9-32(16)18(12)20(34)30-13-5-6-15(26)14(25)10-13/h5-6,10H,2-4,7-9,11H2,1H3,(H2,29,36)(H,30,34)(H,31,35). The molecule has 1 saturated carbocycles. The van der Waals surface area contributed by atoms with Gasteiger partial charge in [0.15, 0.2) is 0 Å². The molecule has 0 saturated heterocycles. The molecule has 1 aromatic heterocycles. The van der Waals surface area contributed by atoms with Crippen LogP contribution >= 0.6 is 11.6 Å². The number of anilines is 1. The summed E-state index contributed by atoms with van der Waals surface area (Å²) >= 11 is 5.79. The maximum absolute atomic E-state index is 13.9. The molecule has 1 aliphatic carbocycles. The third-order valence-electron chi connectivity index (χ3n) is 6.79. The molecular weight excluding hydrogens is 501 g/mol. The van der Waals surface area contributed by atoms with Gasteiger partial charge in [-0.25, -0.2) is 13.2 Å². The molecule has 4 rings (SSSR count). The summed E-state index contributed by atoms with van der Waals surface area (Å²) in [6.45, 7) is 1.92. The van der Waals surface area contributed by atoms with Crippen molar-refractivity contribution in [2.45, 2.75) is 63.5 Å². The van der Waals surface area contributed by atoms with Crippen molar-refractivity contribution in [2.24, 2.45) is 5.73 Å². The summed E-state index contributed by atoms with van der Waals surface area (Å²) in [5, 5.41) is 4.60. The normalized spacial score (nSPS) is 20.5. The first-order valence-corrected chi connectivity index (χ1v) is 11.8. The fourth-order valence-corrected chi connectivity index (χ4v) is 5.20. The van der Waals surface area contributed by atoms with E-state index < -0.39 is 60.0 Å². The number of rotatable bonds is 6. The number of ketones is 1. The van der Waals surface area contributed by atoms with Gasteiger partial charge in [0, 0.05) is 30.8 Å². The molecule has 1 aliphatic heterocycles. The molecule has 4 N–H and O–H groups in total. The van der Waals surface area contributed by atoms with Crippen LogP contribution in [0.4, 0.5) is 18.9 Å². The van der Waals surface area contributed by atoms with Crippen LogP contribution < -0.4 is 16.4 Å². The van der Waals surface area contributed by atoms with Crippen LogP contribution in [0.25, 0.3) is 0 Å². The molecule has 2 aromatic rings. The van der Waals surface area contributed by atoms with Gasteiger partial charge in [0.2, 0.25) is 5.91 Å². The van der Waals surface area contributed by atoms with Crippen LogP contribution in [-0.4, -0.2) is 39.5 Å². The molecule has 1 unspecified atom stereocenters. The predicted molar refractivity (Wildman–Crippen MR) is 125 cm³/mol. The third-order valence-corrected chi connectivity index (χ3v) is 7.08. The second kappa shape index (κ2) is 9.27. The second-order valence-corrected chi connectivity index (χ2v) is 9.66. The Kier molecular flexibility index (Phi) is 6.63. The highest BCUT2D eigenvalue weighted by Gasteiger charge is 2.54. The highest BCUT2D eigenvalue weighted by atomic mass is 35.5. The number of halogens is 4. The van der Waals surface area contributed by atoms with E-state index in [1.165, 1.54) is 19.1 Å². The Balaban J connectivity index is 1.66. The average Bonchev–Trinajstić information content (AvgIpc) is 3.28. The van der Waals surface area contributed by atoms with E-state index in [0.717, 1.165) is 12.5 Å². The molecule has 1 aromatic carbocycles. The number of hydrogen-bond donors (Lipinski definition) is 3. The monoisotopic (exact) mass is 524 g/mol. The summed E-state index contributed by atoms with van der Waals surface area (Å²) < 4.78 is 42.9. The number of alkyl halides is 2. The molecule has 1 atom stereocenters. The maximum Gasteiger partial charge on any atom is 0.293 e. The number of nitrogens with zero attached hydrogens (tertiary/aromatic N) is 1. The molecule has 0 radical (unpaired) electrons. The molecule has 12 heteroatoms. The lowest BCUT2D eigenvalue weighted by molar-refractivity contribution is -0.130. The Morgan fingerprint density at radius 2 is 1.86 bits per heavy atom. The molecule has 192 valence electrons. The van der Waals surface area contributed by atoms with E-state index >= 15 is 0 Å². The van der Waals surface area contributed by atoms with E-state index in [4.69, 9.17) is 17.3 Å². The van der Waals surface area contributed by atoms with E-state index in [1.54, 1.807) is 4.57 Å². The summed E-state index contributed by atoms with van der Waals surface area (Å²) in [6, 6.07) is 3.66. The summed E-state index contributed by atoms with van der Waals surface area (Å²) in [6.07, 6.45) is -0.197. The zero-order chi connectivity index (χ0) is 26.4. The van der Waals surface area contributed by atoms with Crippen molar-refractivity contribution in [1.29, 1.82) is 0 Å². The van der Waals surface area contributed by atoms with Gasteiger partial charge in [-0.05, 0) is 56.4 Å². The highest BCUT2D eigenvalue weighted by Crippen LogP contribution is 2.41. The summed E-state index contributed by atoms with van der Waals surface area (Å²) in [5.41, 5.74) is 4.34. The molecule has 0 bridgehead atoms. The molecule has 1 fully saturated rings. The van der Waals surface area contributed by atoms with E-state index in [0.29, 0.717) is 25.1 Å². The summed E-state index contributed by atoms with van der Waals surface area (Å²) in [4.78, 5) is 51.4. The minimum atomic E-state index is -3.20. The lowest BCUT2D eigenvalue weighted by Gasteiger charge is -2.26. The average molecular weight is 525 g/mol. The van der Waals surface area contributed by atoms with Crippen molar-refractivity contribution < 1.29 is 32.3 Å². The van der Waals surface area contributed by atoms with Crippen molar-refractivity contribution in [3.8, 4) is 0 Å². The SMILES string of the molecule is Cc1c(C(=O)C(=O)NC2(C(N)=O)CCC(F)(F)C2)c2n(c1C(=O)Nc1ccc(F)c(Cl)c1)CCCC2. The van der Waals surface area contributed by atoms with Crippen molar-refractivity contribution in [3.05, 3.63) is 51.6 Å². The van der Waals surface area contributed by atoms with Crippen molar-refractivity contribution in [1.82, 2.24) is 9.88 Å². The molecule has 36 heavy (non-hydrogen) atoms. The van der Waals surface area contributed by atoms with Gasteiger partial charge in [0.05, 0.1) is 10.6 Å². The molecular formula is C24H24ClF3N4O4. The predicted octanol–water partition coefficient (Wildman–Crippen LogP) is 3.52. The number of hydrogen-bond acceptors (Lipinski definition) is 4. The highest BCUT2D eigenvalue weighted by molar-refractivity contribution is 6.44. The van der Waals surface area contributed by atoms with E-state index in [9.17, 15) is 32.3 Å². The number of aromatic nitrogens is 1. The van der Waals surface area contributed by atoms with Gasteiger partial charge < -0.3 is 20.9 Å². The van der Waals surface area contributed by atoms with Crippen LogP contribution in [-0.2, 0) is 22.6 Å². The van der Waals surface area contributed by atoms with Crippen LogP contribution in [0.3, 0.4) is 0 Å². The van der Waals surface area contributed by atoms with Crippen LogP contribution in [0, 0.1) is 12.7 Å². The number of nitrogens with two attached hydrogens (primary N) is 1. The second-order valence-electron chi connectivity index (χ2n) is 9.25. The number of benzene rings is 1. The van der Waals surface area contributed by atoms with Gasteiger partial charge in [-0.1, -0.05) is 11.6 Å². The number of nitrogens with one attached hydrogen (secondary N) is 2. The first kappa shape index (κ1) is 25.7. The van der Waals surface area contributed by atoms with Gasteiger partial charge in [-0.3, -0.25) is 19.2 Å². The minimum absolute atomic E-state index is 0.0149. The topological polar surface area (TPSA) is 123 Å². The van der Waals surface area contributed by atoms with Gasteiger partial charge in [-0.15, -0.1) is 0 Å². The van der Waals surface area contributed by atoms with Crippen LogP contribution in [0.1, 0.15) is 64.2 Å². The van der Waals surface area contributed by atoms with Gasteiger partial charge >= 0.3 is 0 Å². The lowest BCUT2D eigenvalue weighted by atomic mass is 9.94. The number of carbonyl (C=O) groups excluding carboxylic acids is 4. The number of carbonyl (C=O) groups is 4. The van der Waals surface area contributed by atoms with E-state index in [2.05, 4.69) is 10.6 Å². The Morgan fingerprint density at radius 3 is 2.47 bits per heavy atom. The molecule has 0 spiro atoms. The molecule has 2 heterocycles. The van der Waals surface area contributed by atoms with E-state index in [1.807, 2.05) is 0 Å². The van der Waals surface area contributed by atoms with E-state index in [-0.39, 0.29) is 27.5 Å².